The van der Waals surface area contributed by atoms with Crippen molar-refractivity contribution in [1.82, 2.24) is 10.6 Å². The van der Waals surface area contributed by atoms with Gasteiger partial charge in [0.2, 0.25) is 0 Å². The summed E-state index contributed by atoms with van der Waals surface area (Å²) in [5.74, 6) is 0. The number of carbonyl (C=O) groups is 1. The molecule has 0 spiro atoms. The van der Waals surface area contributed by atoms with Gasteiger partial charge in [0.15, 0.2) is 0 Å². The molecule has 86 valence electrons. The van der Waals surface area contributed by atoms with Crippen LogP contribution in [0.2, 0.25) is 0 Å². The van der Waals surface area contributed by atoms with Gasteiger partial charge in [0.05, 0.1) is 18.2 Å². The first-order valence-electron chi connectivity index (χ1n) is 4.89. The Hall–Kier alpha value is -0.890. The molecule has 7 heteroatoms. The molecule has 0 aliphatic carbocycles. The topological polar surface area (TPSA) is 117 Å². The minimum atomic E-state index is -1.06. The van der Waals surface area contributed by atoms with Crippen LogP contribution in [0.1, 0.15) is 0 Å². The second kappa shape index (κ2) is 3.93. The number of urea groups is 1. The fourth-order valence-corrected chi connectivity index (χ4v) is 1.99. The minimum Gasteiger partial charge on any atom is -0.388 e. The Labute approximate surface area is 86.6 Å². The molecule has 2 rings (SSSR count). The summed E-state index contributed by atoms with van der Waals surface area (Å²) < 4.78 is 5.46. The van der Waals surface area contributed by atoms with E-state index in [2.05, 4.69) is 10.6 Å². The molecule has 0 aromatic heterocycles. The maximum absolute atomic E-state index is 11.0. The standard InChI is InChI=1S/C8H15N3O4/c9-1-3-6(12)7(13)5-4(15-3)2-10-8(14)11-5/h3-7,12-13H,1-2,9H2,(H2,10,11,14)/t3-,4+,5-,6+,7-/m1/s1. The molecule has 7 nitrogen and oxygen atoms in total. The predicted molar refractivity (Wildman–Crippen MR) is 50.1 cm³/mol. The van der Waals surface area contributed by atoms with Gasteiger partial charge in [-0.2, -0.15) is 0 Å². The number of nitrogens with one attached hydrogen (secondary N) is 2. The second-order valence-electron chi connectivity index (χ2n) is 3.81. The fraction of sp³-hybridized carbons (Fsp3) is 0.875. The van der Waals surface area contributed by atoms with Gasteiger partial charge in [-0.1, -0.05) is 0 Å². The average Bonchev–Trinajstić information content (AvgIpc) is 2.24. The fourth-order valence-electron chi connectivity index (χ4n) is 1.99. The van der Waals surface area contributed by atoms with Gasteiger partial charge in [-0.3, -0.25) is 0 Å². The number of rotatable bonds is 1. The molecule has 2 fully saturated rings. The summed E-state index contributed by atoms with van der Waals surface area (Å²) in [6.07, 6.45) is -3.04. The van der Waals surface area contributed by atoms with Gasteiger partial charge in [0, 0.05) is 13.1 Å². The lowest BCUT2D eigenvalue weighted by Crippen LogP contribution is -2.70. The molecule has 2 amide bonds. The molecular formula is C8H15N3O4. The molecule has 0 aromatic carbocycles. The Morgan fingerprint density at radius 1 is 1.47 bits per heavy atom. The highest BCUT2D eigenvalue weighted by Crippen LogP contribution is 2.21. The van der Waals surface area contributed by atoms with Crippen molar-refractivity contribution in [2.75, 3.05) is 13.1 Å². The van der Waals surface area contributed by atoms with Crippen molar-refractivity contribution in [2.45, 2.75) is 30.5 Å². The average molecular weight is 217 g/mol. The molecule has 0 unspecified atom stereocenters. The third-order valence-corrected chi connectivity index (χ3v) is 2.84. The van der Waals surface area contributed by atoms with Crippen molar-refractivity contribution in [3.8, 4) is 0 Å². The van der Waals surface area contributed by atoms with Crippen LogP contribution < -0.4 is 16.4 Å². The van der Waals surface area contributed by atoms with Gasteiger partial charge in [-0.25, -0.2) is 4.79 Å². The summed E-state index contributed by atoms with van der Waals surface area (Å²) in [6, 6.07) is -0.936. The third-order valence-electron chi connectivity index (χ3n) is 2.84. The number of carbonyl (C=O) groups excluding carboxylic acids is 1. The lowest BCUT2D eigenvalue weighted by molar-refractivity contribution is -0.180. The van der Waals surface area contributed by atoms with Crippen LogP contribution in [0.15, 0.2) is 0 Å². The summed E-state index contributed by atoms with van der Waals surface area (Å²) in [7, 11) is 0. The Kier molecular flexibility index (Phi) is 2.79. The smallest absolute Gasteiger partial charge is 0.315 e. The molecule has 2 aliphatic heterocycles. The van der Waals surface area contributed by atoms with Gasteiger partial charge in [0.1, 0.15) is 12.2 Å². The van der Waals surface area contributed by atoms with E-state index in [-0.39, 0.29) is 18.7 Å². The van der Waals surface area contributed by atoms with Crippen LogP contribution in [0, 0.1) is 0 Å². The maximum Gasteiger partial charge on any atom is 0.315 e. The number of aliphatic hydroxyl groups is 2. The van der Waals surface area contributed by atoms with Gasteiger partial charge >= 0.3 is 6.03 Å². The second-order valence-corrected chi connectivity index (χ2v) is 3.81. The summed E-state index contributed by atoms with van der Waals surface area (Å²) >= 11 is 0. The number of ether oxygens (including phenoxy) is 1. The van der Waals surface area contributed by atoms with Crippen molar-refractivity contribution in [2.24, 2.45) is 5.73 Å². The van der Waals surface area contributed by atoms with E-state index in [1.54, 1.807) is 0 Å². The normalized spacial score (nSPS) is 45.3. The molecule has 2 aliphatic rings. The molecule has 2 heterocycles. The van der Waals surface area contributed by atoms with Gasteiger partial charge < -0.3 is 31.3 Å². The van der Waals surface area contributed by atoms with Crippen molar-refractivity contribution in [3.05, 3.63) is 0 Å². The molecule has 0 saturated carbocycles. The van der Waals surface area contributed by atoms with E-state index in [9.17, 15) is 15.0 Å². The number of hydrogen-bond acceptors (Lipinski definition) is 5. The minimum absolute atomic E-state index is 0.134. The highest BCUT2D eigenvalue weighted by Gasteiger charge is 2.46. The lowest BCUT2D eigenvalue weighted by atomic mass is 9.91. The van der Waals surface area contributed by atoms with E-state index < -0.39 is 24.4 Å². The van der Waals surface area contributed by atoms with Gasteiger partial charge in [0.25, 0.3) is 0 Å². The zero-order valence-electron chi connectivity index (χ0n) is 8.09. The van der Waals surface area contributed by atoms with Crippen LogP contribution >= 0.6 is 0 Å². The van der Waals surface area contributed by atoms with Crippen molar-refractivity contribution >= 4 is 6.03 Å². The van der Waals surface area contributed by atoms with E-state index >= 15 is 0 Å². The van der Waals surface area contributed by atoms with E-state index in [4.69, 9.17) is 10.5 Å². The predicted octanol–water partition coefficient (Wildman–Crippen LogP) is -2.88. The first-order chi connectivity index (χ1) is 7.13. The first kappa shape index (κ1) is 10.6. The summed E-state index contributed by atoms with van der Waals surface area (Å²) in [5, 5.41) is 24.5. The van der Waals surface area contributed by atoms with E-state index in [1.807, 2.05) is 0 Å². The van der Waals surface area contributed by atoms with Crippen LogP contribution in [0.5, 0.6) is 0 Å². The quantitative estimate of drug-likeness (QED) is 0.323. The number of hydrogen-bond donors (Lipinski definition) is 5. The highest BCUT2D eigenvalue weighted by molar-refractivity contribution is 5.75. The largest absolute Gasteiger partial charge is 0.388 e. The molecule has 5 atom stereocenters. The summed E-state index contributed by atoms with van der Waals surface area (Å²) in [6.45, 7) is 0.451. The number of amides is 2. The summed E-state index contributed by atoms with van der Waals surface area (Å²) in [4.78, 5) is 11.0. The van der Waals surface area contributed by atoms with Crippen LogP contribution in [-0.2, 0) is 4.74 Å². The molecule has 0 radical (unpaired) electrons. The zero-order chi connectivity index (χ0) is 11.0. The monoisotopic (exact) mass is 217 g/mol. The third kappa shape index (κ3) is 1.78. The molecule has 6 N–H and O–H groups in total. The molecule has 0 bridgehead atoms. The Balaban J connectivity index is 2.11. The first-order valence-corrected chi connectivity index (χ1v) is 4.89. The SMILES string of the molecule is NC[C@H]1O[C@H]2CNC(=O)N[C@H]2[C@@H](O)[C@H]1O. The summed E-state index contributed by atoms with van der Waals surface area (Å²) in [5.41, 5.74) is 5.40. The zero-order valence-corrected chi connectivity index (χ0v) is 8.09. The number of fused-ring (bicyclic) bond motifs is 1. The van der Waals surface area contributed by atoms with Crippen LogP contribution in [0.4, 0.5) is 4.79 Å². The lowest BCUT2D eigenvalue weighted by Gasteiger charge is -2.45. The van der Waals surface area contributed by atoms with Crippen LogP contribution in [0.3, 0.4) is 0 Å². The molecule has 2 saturated heterocycles. The molecule has 15 heavy (non-hydrogen) atoms. The Bertz CT molecular complexity index is 260. The van der Waals surface area contributed by atoms with Crippen molar-refractivity contribution in [1.29, 1.82) is 0 Å². The maximum atomic E-state index is 11.0. The van der Waals surface area contributed by atoms with Crippen LogP contribution in [0.25, 0.3) is 0 Å². The highest BCUT2D eigenvalue weighted by atomic mass is 16.5. The number of nitrogens with two attached hydrogens (primary N) is 1. The molecule has 0 aromatic rings. The van der Waals surface area contributed by atoms with E-state index in [0.717, 1.165) is 0 Å². The number of aliphatic hydroxyl groups excluding tert-OH is 2. The molecular weight excluding hydrogens is 202 g/mol. The van der Waals surface area contributed by atoms with Crippen molar-refractivity contribution in [3.63, 3.8) is 0 Å². The van der Waals surface area contributed by atoms with E-state index in [0.29, 0.717) is 6.54 Å². The van der Waals surface area contributed by atoms with Crippen LogP contribution in [-0.4, -0.2) is 59.8 Å². The Morgan fingerprint density at radius 2 is 2.20 bits per heavy atom. The van der Waals surface area contributed by atoms with E-state index in [1.165, 1.54) is 0 Å². The van der Waals surface area contributed by atoms with Gasteiger partial charge in [-0.05, 0) is 0 Å². The van der Waals surface area contributed by atoms with Crippen molar-refractivity contribution < 1.29 is 19.7 Å². The van der Waals surface area contributed by atoms with Gasteiger partial charge in [-0.15, -0.1) is 0 Å². The Morgan fingerprint density at radius 3 is 2.87 bits per heavy atom.